The Kier molecular flexibility index (Phi) is 3.21. The summed E-state index contributed by atoms with van der Waals surface area (Å²) < 4.78 is 2.12. The summed E-state index contributed by atoms with van der Waals surface area (Å²) in [6.45, 7) is 0.942. The zero-order valence-corrected chi connectivity index (χ0v) is 13.2. The number of thiophene rings is 1. The molecule has 1 aliphatic rings. The van der Waals surface area contributed by atoms with Crippen molar-refractivity contribution in [3.8, 4) is 0 Å². The molecule has 1 aliphatic carbocycles. The number of fused-ring (bicyclic) bond motifs is 1. The summed E-state index contributed by atoms with van der Waals surface area (Å²) in [4.78, 5) is 9.66. The molecule has 0 aliphatic heterocycles. The Bertz CT molecular complexity index is 712. The van der Waals surface area contributed by atoms with Gasteiger partial charge in [-0.05, 0) is 24.3 Å². The van der Waals surface area contributed by atoms with Crippen molar-refractivity contribution in [1.82, 2.24) is 9.38 Å². The third kappa shape index (κ3) is 2.14. The fraction of sp³-hybridized carbons (Fsp3) is 0.357. The number of anilines is 1. The van der Waals surface area contributed by atoms with Crippen LogP contribution in [0.5, 0.6) is 0 Å². The van der Waals surface area contributed by atoms with Gasteiger partial charge in [-0.1, -0.05) is 6.07 Å². The second kappa shape index (κ2) is 5.06. The van der Waals surface area contributed by atoms with E-state index < -0.39 is 0 Å². The highest BCUT2D eigenvalue weighted by molar-refractivity contribution is 7.15. The molecule has 3 heterocycles. The van der Waals surface area contributed by atoms with Crippen LogP contribution in [-0.2, 0) is 12.4 Å². The molecule has 4 rings (SSSR count). The Morgan fingerprint density at radius 3 is 2.95 bits per heavy atom. The SMILES string of the molecule is ClCc1c(N(Cc2cccs2)C2CC2)nc2sccn12. The number of aromatic nitrogens is 2. The highest BCUT2D eigenvalue weighted by Gasteiger charge is 2.32. The molecule has 0 N–H and O–H groups in total. The third-order valence-corrected chi connectivity index (χ3v) is 5.50. The number of imidazole rings is 1. The number of thiazole rings is 1. The lowest BCUT2D eigenvalue weighted by molar-refractivity contribution is 0.785. The third-order valence-electron chi connectivity index (χ3n) is 3.63. The molecule has 0 saturated heterocycles. The number of hydrogen-bond acceptors (Lipinski definition) is 4. The van der Waals surface area contributed by atoms with Gasteiger partial charge in [0.2, 0.25) is 0 Å². The minimum Gasteiger partial charge on any atom is -0.347 e. The largest absolute Gasteiger partial charge is 0.347 e. The quantitative estimate of drug-likeness (QED) is 0.650. The van der Waals surface area contributed by atoms with Crippen molar-refractivity contribution in [1.29, 1.82) is 0 Å². The summed E-state index contributed by atoms with van der Waals surface area (Å²) in [5, 5.41) is 4.19. The van der Waals surface area contributed by atoms with Gasteiger partial charge >= 0.3 is 0 Å². The summed E-state index contributed by atoms with van der Waals surface area (Å²) in [6.07, 6.45) is 4.58. The first-order valence-electron chi connectivity index (χ1n) is 6.66. The summed E-state index contributed by atoms with van der Waals surface area (Å²) in [6, 6.07) is 4.93. The fourth-order valence-electron chi connectivity index (χ4n) is 2.51. The first kappa shape index (κ1) is 12.7. The molecule has 6 heteroatoms. The van der Waals surface area contributed by atoms with Crippen LogP contribution < -0.4 is 4.90 Å². The lowest BCUT2D eigenvalue weighted by Crippen LogP contribution is -2.26. The highest BCUT2D eigenvalue weighted by atomic mass is 35.5. The van der Waals surface area contributed by atoms with Crippen LogP contribution in [0.1, 0.15) is 23.4 Å². The standard InChI is InChI=1S/C14H14ClN3S2/c15-8-12-13(16-14-17(12)5-7-20-14)18(10-3-4-10)9-11-2-1-6-19-11/h1-2,5-7,10H,3-4,8-9H2. The molecule has 3 nitrogen and oxygen atoms in total. The predicted molar refractivity (Wildman–Crippen MR) is 86.2 cm³/mol. The molecule has 3 aromatic rings. The number of halogens is 1. The zero-order valence-electron chi connectivity index (χ0n) is 10.8. The number of hydrogen-bond donors (Lipinski definition) is 0. The van der Waals surface area contributed by atoms with E-state index in [1.54, 1.807) is 22.7 Å². The van der Waals surface area contributed by atoms with Crippen molar-refractivity contribution in [3.05, 3.63) is 39.7 Å². The molecular formula is C14H14ClN3S2. The van der Waals surface area contributed by atoms with Crippen LogP contribution >= 0.6 is 34.3 Å². The molecule has 0 unspecified atom stereocenters. The predicted octanol–water partition coefficient (Wildman–Crippen LogP) is 4.37. The molecule has 0 amide bonds. The van der Waals surface area contributed by atoms with E-state index in [-0.39, 0.29) is 0 Å². The van der Waals surface area contributed by atoms with Gasteiger partial charge in [0.25, 0.3) is 0 Å². The monoisotopic (exact) mass is 323 g/mol. The molecule has 1 fully saturated rings. The molecule has 0 bridgehead atoms. The lowest BCUT2D eigenvalue weighted by atomic mass is 10.3. The molecule has 0 aromatic carbocycles. The normalized spacial score (nSPS) is 15.1. The average Bonchev–Trinajstić information content (AvgIpc) is 2.88. The van der Waals surface area contributed by atoms with E-state index in [4.69, 9.17) is 16.6 Å². The molecule has 0 atom stereocenters. The van der Waals surface area contributed by atoms with E-state index in [9.17, 15) is 0 Å². The van der Waals surface area contributed by atoms with Gasteiger partial charge in [0.1, 0.15) is 0 Å². The van der Waals surface area contributed by atoms with Crippen LogP contribution in [0.15, 0.2) is 29.1 Å². The van der Waals surface area contributed by atoms with Crippen LogP contribution in [0.2, 0.25) is 0 Å². The van der Waals surface area contributed by atoms with Crippen LogP contribution in [0, 0.1) is 0 Å². The van der Waals surface area contributed by atoms with Crippen molar-refractivity contribution in [3.63, 3.8) is 0 Å². The molecule has 3 aromatic heterocycles. The van der Waals surface area contributed by atoms with Crippen molar-refractivity contribution in [2.45, 2.75) is 31.3 Å². The summed E-state index contributed by atoms with van der Waals surface area (Å²) >= 11 is 9.65. The van der Waals surface area contributed by atoms with Crippen molar-refractivity contribution < 1.29 is 0 Å². The van der Waals surface area contributed by atoms with E-state index >= 15 is 0 Å². The molecule has 104 valence electrons. The minimum absolute atomic E-state index is 0.501. The van der Waals surface area contributed by atoms with Crippen LogP contribution in [0.4, 0.5) is 5.82 Å². The van der Waals surface area contributed by atoms with Gasteiger partial charge in [0, 0.05) is 22.5 Å². The molecule has 20 heavy (non-hydrogen) atoms. The first-order valence-corrected chi connectivity index (χ1v) is 8.95. The van der Waals surface area contributed by atoms with E-state index in [2.05, 4.69) is 38.4 Å². The van der Waals surface area contributed by atoms with Gasteiger partial charge in [-0.25, -0.2) is 4.98 Å². The Morgan fingerprint density at radius 2 is 2.25 bits per heavy atom. The van der Waals surface area contributed by atoms with Crippen LogP contribution in [0.25, 0.3) is 4.96 Å². The van der Waals surface area contributed by atoms with Crippen LogP contribution in [0.3, 0.4) is 0 Å². The van der Waals surface area contributed by atoms with E-state index in [1.807, 2.05) is 0 Å². The van der Waals surface area contributed by atoms with Gasteiger partial charge in [0.05, 0.1) is 18.1 Å². The Labute approximate surface area is 130 Å². The topological polar surface area (TPSA) is 20.5 Å². The van der Waals surface area contributed by atoms with Crippen molar-refractivity contribution in [2.24, 2.45) is 0 Å². The number of nitrogens with zero attached hydrogens (tertiary/aromatic N) is 3. The first-order chi connectivity index (χ1) is 9.86. The molecular weight excluding hydrogens is 310 g/mol. The minimum atomic E-state index is 0.501. The second-order valence-electron chi connectivity index (χ2n) is 5.01. The molecule has 0 spiro atoms. The van der Waals surface area contributed by atoms with Crippen molar-refractivity contribution >= 4 is 45.1 Å². The van der Waals surface area contributed by atoms with Crippen molar-refractivity contribution in [2.75, 3.05) is 4.90 Å². The van der Waals surface area contributed by atoms with Gasteiger partial charge in [-0.3, -0.25) is 4.40 Å². The Balaban J connectivity index is 1.75. The lowest BCUT2D eigenvalue weighted by Gasteiger charge is -2.22. The fourth-order valence-corrected chi connectivity index (χ4v) is 4.19. The van der Waals surface area contributed by atoms with E-state index in [0.717, 1.165) is 23.0 Å². The van der Waals surface area contributed by atoms with Gasteiger partial charge in [-0.15, -0.1) is 34.3 Å². The van der Waals surface area contributed by atoms with Gasteiger partial charge in [-0.2, -0.15) is 0 Å². The molecule has 0 radical (unpaired) electrons. The summed E-state index contributed by atoms with van der Waals surface area (Å²) in [7, 11) is 0. The maximum Gasteiger partial charge on any atom is 0.195 e. The average molecular weight is 324 g/mol. The Morgan fingerprint density at radius 1 is 1.35 bits per heavy atom. The van der Waals surface area contributed by atoms with Crippen LogP contribution in [-0.4, -0.2) is 15.4 Å². The summed E-state index contributed by atoms with van der Waals surface area (Å²) in [5.41, 5.74) is 1.12. The maximum atomic E-state index is 6.18. The van der Waals surface area contributed by atoms with Gasteiger partial charge in [0.15, 0.2) is 10.8 Å². The summed E-state index contributed by atoms with van der Waals surface area (Å²) in [5.74, 6) is 1.57. The van der Waals surface area contributed by atoms with E-state index in [0.29, 0.717) is 11.9 Å². The van der Waals surface area contributed by atoms with Gasteiger partial charge < -0.3 is 4.90 Å². The Hall–Kier alpha value is -1.04. The van der Waals surface area contributed by atoms with E-state index in [1.165, 1.54) is 17.7 Å². The number of rotatable bonds is 5. The smallest absolute Gasteiger partial charge is 0.195 e. The number of alkyl halides is 1. The maximum absolute atomic E-state index is 6.18. The molecule has 1 saturated carbocycles. The highest BCUT2D eigenvalue weighted by Crippen LogP contribution is 2.36. The second-order valence-corrected chi connectivity index (χ2v) is 7.18. The zero-order chi connectivity index (χ0) is 13.5.